The lowest BCUT2D eigenvalue weighted by molar-refractivity contribution is -0.116. The van der Waals surface area contributed by atoms with E-state index < -0.39 is 0 Å². The fourth-order valence-electron chi connectivity index (χ4n) is 5.32. The van der Waals surface area contributed by atoms with Gasteiger partial charge >= 0.3 is 0 Å². The Hall–Kier alpha value is -5.09. The molecule has 0 atom stereocenters. The number of pyridine rings is 2. The summed E-state index contributed by atoms with van der Waals surface area (Å²) in [6, 6.07) is 17.0. The fraction of sp³-hybridized carbons (Fsp3) is 0.235. The smallest absolute Gasteiger partial charge is 0.224 e. The third kappa shape index (κ3) is 6.30. The number of fused-ring (bicyclic) bond motifs is 2. The van der Waals surface area contributed by atoms with Gasteiger partial charge in [-0.15, -0.1) is 0 Å². The minimum Gasteiger partial charge on any atom is -0.384 e. The molecule has 0 aliphatic rings. The van der Waals surface area contributed by atoms with E-state index in [2.05, 4.69) is 40.7 Å². The highest BCUT2D eigenvalue weighted by Gasteiger charge is 2.16. The van der Waals surface area contributed by atoms with Crippen LogP contribution in [0.5, 0.6) is 0 Å². The summed E-state index contributed by atoms with van der Waals surface area (Å²) < 4.78 is 14.7. The molecule has 0 aliphatic carbocycles. The maximum atomic E-state index is 14.7. The average molecular weight is 591 g/mol. The average Bonchev–Trinajstić information content (AvgIpc) is 3.60. The van der Waals surface area contributed by atoms with Crippen LogP contribution < -0.4 is 10.6 Å². The van der Waals surface area contributed by atoms with Crippen molar-refractivity contribution in [2.45, 2.75) is 20.3 Å². The van der Waals surface area contributed by atoms with Gasteiger partial charge in [-0.2, -0.15) is 5.10 Å². The first-order valence-electron chi connectivity index (χ1n) is 14.6. The number of anilines is 2. The monoisotopic (exact) mass is 590 g/mol. The van der Waals surface area contributed by atoms with Gasteiger partial charge in [0, 0.05) is 65.0 Å². The summed E-state index contributed by atoms with van der Waals surface area (Å²) in [5.41, 5.74) is 7.85. The second kappa shape index (κ2) is 12.3. The standard InChI is InChI=1S/C34H35FN8O/c1-20(2)10-32(44)39-26-13-22(17-36-19-26)23-14-29-33(41-42-34(29)38-18-23)31-16-28-27(6-5-7-30(28)40-31)21-11-24(35)15-25(12-21)37-8-9-43(3)4/h5-7,11-20,37,40H,8-10H2,1-4H3,(H,39,44)(H,38,41,42). The van der Waals surface area contributed by atoms with Crippen LogP contribution in [-0.2, 0) is 4.79 Å². The Morgan fingerprint density at radius 1 is 0.955 bits per heavy atom. The predicted molar refractivity (Wildman–Crippen MR) is 175 cm³/mol. The Labute approximate surface area is 254 Å². The van der Waals surface area contributed by atoms with Gasteiger partial charge in [0.15, 0.2) is 5.65 Å². The lowest BCUT2D eigenvalue weighted by atomic mass is 10.0. The molecule has 4 aromatic heterocycles. The maximum Gasteiger partial charge on any atom is 0.224 e. The van der Waals surface area contributed by atoms with Gasteiger partial charge < -0.3 is 20.5 Å². The first-order chi connectivity index (χ1) is 21.2. The van der Waals surface area contributed by atoms with Crippen LogP contribution in [0.2, 0.25) is 0 Å². The molecule has 1 amide bonds. The number of carbonyl (C=O) groups is 1. The number of nitrogens with zero attached hydrogens (tertiary/aromatic N) is 4. The molecule has 0 saturated carbocycles. The molecule has 0 unspecified atom stereocenters. The van der Waals surface area contributed by atoms with Gasteiger partial charge in [-0.3, -0.25) is 14.9 Å². The van der Waals surface area contributed by atoms with Crippen molar-refractivity contribution in [3.8, 4) is 33.6 Å². The molecule has 0 radical (unpaired) electrons. The highest BCUT2D eigenvalue weighted by atomic mass is 19.1. The summed E-state index contributed by atoms with van der Waals surface area (Å²) >= 11 is 0. The number of halogens is 1. The summed E-state index contributed by atoms with van der Waals surface area (Å²) in [5, 5.41) is 15.7. The number of carbonyl (C=O) groups excluding carboxylic acids is 1. The molecule has 0 bridgehead atoms. The van der Waals surface area contributed by atoms with Crippen LogP contribution in [0, 0.1) is 11.7 Å². The van der Waals surface area contributed by atoms with Crippen molar-refractivity contribution in [2.75, 3.05) is 37.8 Å². The van der Waals surface area contributed by atoms with Gasteiger partial charge in [0.2, 0.25) is 5.91 Å². The summed E-state index contributed by atoms with van der Waals surface area (Å²) in [6.07, 6.45) is 5.59. The summed E-state index contributed by atoms with van der Waals surface area (Å²) in [5.74, 6) is -0.0742. The summed E-state index contributed by atoms with van der Waals surface area (Å²) in [7, 11) is 4.01. The van der Waals surface area contributed by atoms with Gasteiger partial charge in [-0.05, 0) is 73.6 Å². The van der Waals surface area contributed by atoms with Crippen LogP contribution in [0.3, 0.4) is 0 Å². The van der Waals surface area contributed by atoms with Crippen molar-refractivity contribution in [3.05, 3.63) is 79.0 Å². The molecule has 10 heteroatoms. The van der Waals surface area contributed by atoms with E-state index in [-0.39, 0.29) is 17.6 Å². The van der Waals surface area contributed by atoms with E-state index in [1.165, 1.54) is 6.07 Å². The predicted octanol–water partition coefficient (Wildman–Crippen LogP) is 6.93. The van der Waals surface area contributed by atoms with Gasteiger partial charge in [0.25, 0.3) is 0 Å². The molecule has 0 fully saturated rings. The minimum atomic E-state index is -0.294. The van der Waals surface area contributed by atoms with Crippen LogP contribution in [0.25, 0.3) is 55.6 Å². The number of hydrogen-bond acceptors (Lipinski definition) is 6. The molecular formula is C34H35FN8O. The lowest BCUT2D eigenvalue weighted by Crippen LogP contribution is -2.20. The number of H-pyrrole nitrogens is 2. The van der Waals surface area contributed by atoms with E-state index in [9.17, 15) is 9.18 Å². The molecule has 4 heterocycles. The fourth-order valence-corrected chi connectivity index (χ4v) is 5.32. The maximum absolute atomic E-state index is 14.7. The van der Waals surface area contributed by atoms with Crippen molar-refractivity contribution in [2.24, 2.45) is 5.92 Å². The van der Waals surface area contributed by atoms with Gasteiger partial charge in [0.05, 0.1) is 17.6 Å². The molecule has 6 aromatic rings. The van der Waals surface area contributed by atoms with E-state index >= 15 is 0 Å². The van der Waals surface area contributed by atoms with E-state index in [4.69, 9.17) is 0 Å². The van der Waals surface area contributed by atoms with Crippen LogP contribution in [0.15, 0.2) is 73.2 Å². The van der Waals surface area contributed by atoms with Crippen molar-refractivity contribution in [3.63, 3.8) is 0 Å². The van der Waals surface area contributed by atoms with Crippen molar-refractivity contribution in [1.29, 1.82) is 0 Å². The first-order valence-corrected chi connectivity index (χ1v) is 14.6. The van der Waals surface area contributed by atoms with Gasteiger partial charge in [0.1, 0.15) is 11.5 Å². The van der Waals surface area contributed by atoms with E-state index in [1.54, 1.807) is 24.7 Å². The molecule has 224 valence electrons. The van der Waals surface area contributed by atoms with Gasteiger partial charge in [-0.1, -0.05) is 26.0 Å². The number of nitrogens with one attached hydrogen (secondary N) is 4. The summed E-state index contributed by atoms with van der Waals surface area (Å²) in [4.78, 5) is 26.8. The highest BCUT2D eigenvalue weighted by molar-refractivity contribution is 6.01. The molecule has 6 rings (SSSR count). The molecule has 4 N–H and O–H groups in total. The molecule has 9 nitrogen and oxygen atoms in total. The number of hydrogen-bond donors (Lipinski definition) is 4. The van der Waals surface area contributed by atoms with Crippen molar-refractivity contribution < 1.29 is 9.18 Å². The topological polar surface area (TPSA) is 115 Å². The molecule has 0 saturated heterocycles. The second-order valence-electron chi connectivity index (χ2n) is 11.7. The lowest BCUT2D eigenvalue weighted by Gasteiger charge is -2.13. The van der Waals surface area contributed by atoms with E-state index in [1.807, 2.05) is 70.4 Å². The zero-order valence-electron chi connectivity index (χ0n) is 25.2. The van der Waals surface area contributed by atoms with Crippen LogP contribution in [0.1, 0.15) is 20.3 Å². The van der Waals surface area contributed by atoms with E-state index in [0.29, 0.717) is 24.3 Å². The number of amides is 1. The molecule has 0 spiro atoms. The number of rotatable bonds is 10. The molecular weight excluding hydrogens is 555 g/mol. The number of likely N-dealkylation sites (N-methyl/N-ethyl adjacent to an activating group) is 1. The Balaban J connectivity index is 1.33. The quantitative estimate of drug-likeness (QED) is 0.138. The number of benzene rings is 2. The van der Waals surface area contributed by atoms with Crippen molar-refractivity contribution in [1.82, 2.24) is 30.0 Å². The zero-order valence-corrected chi connectivity index (χ0v) is 25.2. The SMILES string of the molecule is CC(C)CC(=O)Nc1cncc(-c2cnc3[nH]nc(-c4cc5c(-c6cc(F)cc(NCCN(C)C)c6)cccc5[nH]4)c3c2)c1. The Morgan fingerprint density at radius 2 is 1.77 bits per heavy atom. The van der Waals surface area contributed by atoms with Crippen LogP contribution in [-0.4, -0.2) is 63.1 Å². The first kappa shape index (κ1) is 29.0. The number of aromatic nitrogens is 5. The van der Waals surface area contributed by atoms with E-state index in [0.717, 1.165) is 62.2 Å². The molecule has 0 aliphatic heterocycles. The zero-order chi connectivity index (χ0) is 30.8. The Bertz CT molecular complexity index is 1960. The minimum absolute atomic E-state index is 0.0436. The summed E-state index contributed by atoms with van der Waals surface area (Å²) in [6.45, 7) is 5.57. The number of aromatic amines is 2. The Morgan fingerprint density at radius 3 is 2.59 bits per heavy atom. The Kier molecular flexibility index (Phi) is 8.08. The molecule has 44 heavy (non-hydrogen) atoms. The van der Waals surface area contributed by atoms with Crippen LogP contribution in [0.4, 0.5) is 15.8 Å². The second-order valence-corrected chi connectivity index (χ2v) is 11.7. The third-order valence-corrected chi connectivity index (χ3v) is 7.38. The highest BCUT2D eigenvalue weighted by Crippen LogP contribution is 2.36. The largest absolute Gasteiger partial charge is 0.384 e. The molecule has 2 aromatic carbocycles. The normalized spacial score (nSPS) is 11.6. The van der Waals surface area contributed by atoms with Gasteiger partial charge in [-0.25, -0.2) is 9.37 Å². The third-order valence-electron chi connectivity index (χ3n) is 7.38. The van der Waals surface area contributed by atoms with Crippen LogP contribution >= 0.6 is 0 Å². The van der Waals surface area contributed by atoms with Crippen molar-refractivity contribution >= 4 is 39.2 Å².